The molecule has 0 spiro atoms. The van der Waals surface area contributed by atoms with Crippen LogP contribution in [-0.4, -0.2) is 0 Å². The number of benzene rings is 9. The van der Waals surface area contributed by atoms with E-state index in [0.717, 1.165) is 77.5 Å². The van der Waals surface area contributed by atoms with Crippen LogP contribution in [0.4, 0.5) is 17.1 Å². The maximum atomic E-state index is 6.52. The molecule has 0 saturated carbocycles. The van der Waals surface area contributed by atoms with Crippen molar-refractivity contribution in [2.24, 2.45) is 0 Å². The highest BCUT2D eigenvalue weighted by atomic mass is 16.3. The van der Waals surface area contributed by atoms with E-state index >= 15 is 0 Å². The van der Waals surface area contributed by atoms with Crippen LogP contribution in [0.3, 0.4) is 0 Å². The standard InChI is InChI=1S/C52H33NO2/c1-2-10-34(11-3-1)35-20-22-36(23-21-35)37-24-29-40(30-25-37)53(46-16-9-19-49-51(46)44-14-6-7-17-47(44)54-49)41-31-26-39(27-32-41)42-15-8-18-48-50(42)45-33-28-38-12-4-5-13-43(38)52(45)55-48/h1-33H. The molecule has 0 N–H and O–H groups in total. The van der Waals surface area contributed by atoms with E-state index < -0.39 is 0 Å². The van der Waals surface area contributed by atoms with Gasteiger partial charge in [-0.2, -0.15) is 0 Å². The summed E-state index contributed by atoms with van der Waals surface area (Å²) in [5.74, 6) is 0. The maximum Gasteiger partial charge on any atom is 0.143 e. The van der Waals surface area contributed by atoms with Crippen LogP contribution < -0.4 is 4.90 Å². The lowest BCUT2D eigenvalue weighted by Gasteiger charge is -2.26. The first-order valence-corrected chi connectivity index (χ1v) is 18.7. The molecule has 55 heavy (non-hydrogen) atoms. The first kappa shape index (κ1) is 31.2. The molecule has 0 atom stereocenters. The quantitative estimate of drug-likeness (QED) is 0.173. The second-order valence-corrected chi connectivity index (χ2v) is 14.1. The molecular weight excluding hydrogens is 671 g/mol. The van der Waals surface area contributed by atoms with Gasteiger partial charge in [0, 0.05) is 32.9 Å². The first-order valence-electron chi connectivity index (χ1n) is 18.7. The second-order valence-electron chi connectivity index (χ2n) is 14.1. The van der Waals surface area contributed by atoms with Crippen molar-refractivity contribution in [1.82, 2.24) is 0 Å². The molecule has 11 rings (SSSR count). The molecule has 0 unspecified atom stereocenters. The molecule has 3 heteroatoms. The van der Waals surface area contributed by atoms with Gasteiger partial charge in [0.15, 0.2) is 0 Å². The average molecular weight is 704 g/mol. The van der Waals surface area contributed by atoms with Gasteiger partial charge in [0.05, 0.1) is 11.1 Å². The third-order valence-electron chi connectivity index (χ3n) is 10.9. The molecule has 9 aromatic carbocycles. The minimum absolute atomic E-state index is 0.862. The van der Waals surface area contributed by atoms with Gasteiger partial charge in [-0.3, -0.25) is 0 Å². The van der Waals surface area contributed by atoms with Gasteiger partial charge in [0.1, 0.15) is 22.3 Å². The van der Waals surface area contributed by atoms with Gasteiger partial charge < -0.3 is 13.7 Å². The number of fused-ring (bicyclic) bond motifs is 8. The molecule has 0 saturated heterocycles. The summed E-state index contributed by atoms with van der Waals surface area (Å²) in [4.78, 5) is 2.34. The summed E-state index contributed by atoms with van der Waals surface area (Å²) in [6.45, 7) is 0. The Balaban J connectivity index is 1.03. The molecule has 0 amide bonds. The highest BCUT2D eigenvalue weighted by Crippen LogP contribution is 2.45. The minimum atomic E-state index is 0.862. The molecule has 0 aliphatic rings. The van der Waals surface area contributed by atoms with Gasteiger partial charge in [-0.25, -0.2) is 0 Å². The Hall–Kier alpha value is -7.36. The largest absolute Gasteiger partial charge is 0.456 e. The van der Waals surface area contributed by atoms with Crippen molar-refractivity contribution in [3.8, 4) is 33.4 Å². The predicted molar refractivity (Wildman–Crippen MR) is 229 cm³/mol. The lowest BCUT2D eigenvalue weighted by molar-refractivity contribution is 0.669. The van der Waals surface area contributed by atoms with E-state index in [4.69, 9.17) is 8.83 Å². The van der Waals surface area contributed by atoms with E-state index in [2.05, 4.69) is 193 Å². The van der Waals surface area contributed by atoms with E-state index in [1.807, 2.05) is 12.1 Å². The number of nitrogens with zero attached hydrogens (tertiary/aromatic N) is 1. The highest BCUT2D eigenvalue weighted by molar-refractivity contribution is 6.19. The van der Waals surface area contributed by atoms with E-state index in [-0.39, 0.29) is 0 Å². The normalized spacial score (nSPS) is 11.6. The van der Waals surface area contributed by atoms with Crippen molar-refractivity contribution in [3.63, 3.8) is 0 Å². The first-order chi connectivity index (χ1) is 27.3. The van der Waals surface area contributed by atoms with E-state index in [1.54, 1.807) is 0 Å². The Bertz CT molecular complexity index is 3170. The summed E-state index contributed by atoms with van der Waals surface area (Å²) in [6, 6.07) is 70.9. The third kappa shape index (κ3) is 5.20. The summed E-state index contributed by atoms with van der Waals surface area (Å²) in [5.41, 5.74) is 13.8. The van der Waals surface area contributed by atoms with Crippen molar-refractivity contribution in [3.05, 3.63) is 200 Å². The number of anilines is 3. The van der Waals surface area contributed by atoms with Crippen molar-refractivity contribution >= 4 is 71.7 Å². The van der Waals surface area contributed by atoms with Gasteiger partial charge in [0.2, 0.25) is 0 Å². The fourth-order valence-electron chi connectivity index (χ4n) is 8.24. The molecule has 2 heterocycles. The second kappa shape index (κ2) is 12.6. The highest BCUT2D eigenvalue weighted by Gasteiger charge is 2.20. The van der Waals surface area contributed by atoms with Gasteiger partial charge >= 0.3 is 0 Å². The lowest BCUT2D eigenvalue weighted by atomic mass is 9.97. The van der Waals surface area contributed by atoms with Gasteiger partial charge in [0.25, 0.3) is 0 Å². The zero-order valence-corrected chi connectivity index (χ0v) is 29.8. The fourth-order valence-corrected chi connectivity index (χ4v) is 8.24. The molecule has 2 aromatic heterocycles. The summed E-state index contributed by atoms with van der Waals surface area (Å²) in [6.07, 6.45) is 0. The Morgan fingerprint density at radius 3 is 1.58 bits per heavy atom. The minimum Gasteiger partial charge on any atom is -0.456 e. The summed E-state index contributed by atoms with van der Waals surface area (Å²) in [7, 11) is 0. The fraction of sp³-hybridized carbons (Fsp3) is 0. The number of hydrogen-bond acceptors (Lipinski definition) is 3. The van der Waals surface area contributed by atoms with Crippen molar-refractivity contribution in [1.29, 1.82) is 0 Å². The van der Waals surface area contributed by atoms with Crippen LogP contribution in [0.25, 0.3) is 88.0 Å². The summed E-state index contributed by atoms with van der Waals surface area (Å²) in [5, 5.41) is 6.75. The van der Waals surface area contributed by atoms with Crippen molar-refractivity contribution in [2.45, 2.75) is 0 Å². The third-order valence-corrected chi connectivity index (χ3v) is 10.9. The summed E-state index contributed by atoms with van der Waals surface area (Å²) >= 11 is 0. The van der Waals surface area contributed by atoms with Crippen molar-refractivity contribution in [2.75, 3.05) is 4.90 Å². The van der Waals surface area contributed by atoms with E-state index in [0.29, 0.717) is 0 Å². The van der Waals surface area contributed by atoms with Crippen LogP contribution >= 0.6 is 0 Å². The smallest absolute Gasteiger partial charge is 0.143 e. The van der Waals surface area contributed by atoms with Crippen LogP contribution in [0, 0.1) is 0 Å². The van der Waals surface area contributed by atoms with Crippen LogP contribution in [0.2, 0.25) is 0 Å². The van der Waals surface area contributed by atoms with Gasteiger partial charge in [-0.15, -0.1) is 0 Å². The maximum absolute atomic E-state index is 6.52. The monoisotopic (exact) mass is 703 g/mol. The van der Waals surface area contributed by atoms with Gasteiger partial charge in [-0.1, -0.05) is 146 Å². The van der Waals surface area contributed by atoms with Crippen LogP contribution in [0.15, 0.2) is 209 Å². The molecular formula is C52H33NO2. The SMILES string of the molecule is c1ccc(-c2ccc(-c3ccc(N(c4ccc(-c5cccc6oc7c8ccccc8ccc7c56)cc4)c4cccc5oc6ccccc6c45)cc3)cc2)cc1. The molecule has 0 bridgehead atoms. The Labute approximate surface area is 317 Å². The topological polar surface area (TPSA) is 29.5 Å². The molecule has 0 aliphatic heterocycles. The van der Waals surface area contributed by atoms with Crippen molar-refractivity contribution < 1.29 is 8.83 Å². The molecule has 0 radical (unpaired) electrons. The number of hydrogen-bond donors (Lipinski definition) is 0. The van der Waals surface area contributed by atoms with Crippen LogP contribution in [-0.2, 0) is 0 Å². The van der Waals surface area contributed by atoms with E-state index in [1.165, 1.54) is 27.6 Å². The molecule has 0 fully saturated rings. The average Bonchev–Trinajstić information content (AvgIpc) is 3.84. The lowest BCUT2D eigenvalue weighted by Crippen LogP contribution is -2.10. The van der Waals surface area contributed by atoms with E-state index in [9.17, 15) is 0 Å². The Morgan fingerprint density at radius 1 is 0.309 bits per heavy atom. The molecule has 3 nitrogen and oxygen atoms in total. The number of rotatable bonds is 6. The Morgan fingerprint density at radius 2 is 0.855 bits per heavy atom. The summed E-state index contributed by atoms with van der Waals surface area (Å²) < 4.78 is 12.9. The Kier molecular flexibility index (Phi) is 7.17. The van der Waals surface area contributed by atoms with Crippen LogP contribution in [0.1, 0.15) is 0 Å². The zero-order chi connectivity index (χ0) is 36.3. The molecule has 11 aromatic rings. The van der Waals surface area contributed by atoms with Crippen LogP contribution in [0.5, 0.6) is 0 Å². The zero-order valence-electron chi connectivity index (χ0n) is 29.8. The molecule has 258 valence electrons. The molecule has 0 aliphatic carbocycles. The number of para-hydroxylation sites is 1. The number of furan rings is 2. The predicted octanol–water partition coefficient (Wildman–Crippen LogP) is 15.1. The van der Waals surface area contributed by atoms with Gasteiger partial charge in [-0.05, 0) is 93.4 Å².